The SMILES string of the molecule is COC(=O)C1=C[C@H](C)C[C@H](C(=O)O)CC1. The zero-order valence-corrected chi connectivity index (χ0v) is 9.03. The number of hydrogen-bond donors (Lipinski definition) is 1. The third-order valence-corrected chi connectivity index (χ3v) is 2.70. The Morgan fingerprint density at radius 3 is 2.73 bits per heavy atom. The highest BCUT2D eigenvalue weighted by Gasteiger charge is 2.25. The normalized spacial score (nSPS) is 26.4. The summed E-state index contributed by atoms with van der Waals surface area (Å²) in [5.41, 5.74) is 0.605. The minimum Gasteiger partial charge on any atom is -0.481 e. The molecule has 1 aliphatic rings. The summed E-state index contributed by atoms with van der Waals surface area (Å²) in [4.78, 5) is 22.2. The summed E-state index contributed by atoms with van der Waals surface area (Å²) in [5.74, 6) is -1.35. The van der Waals surface area contributed by atoms with Crippen LogP contribution in [0.2, 0.25) is 0 Å². The highest BCUT2D eigenvalue weighted by molar-refractivity contribution is 5.88. The van der Waals surface area contributed by atoms with Gasteiger partial charge in [0.25, 0.3) is 0 Å². The molecular weight excluding hydrogens is 196 g/mol. The second-order valence-electron chi connectivity index (χ2n) is 3.97. The molecule has 2 atom stereocenters. The predicted molar refractivity (Wildman–Crippen MR) is 54.2 cm³/mol. The summed E-state index contributed by atoms with van der Waals surface area (Å²) >= 11 is 0. The Labute approximate surface area is 88.9 Å². The number of carboxylic acids is 1. The molecule has 0 aromatic heterocycles. The van der Waals surface area contributed by atoms with Crippen LogP contribution in [0.5, 0.6) is 0 Å². The standard InChI is InChI=1S/C11H16O4/c1-7-5-8(10(12)13)3-4-9(6-7)11(14)15-2/h6-8H,3-5H2,1-2H3,(H,12,13)/t7-,8-/m1/s1. The molecule has 4 nitrogen and oxygen atoms in total. The van der Waals surface area contributed by atoms with Gasteiger partial charge in [-0.25, -0.2) is 4.79 Å². The van der Waals surface area contributed by atoms with Gasteiger partial charge in [-0.1, -0.05) is 13.0 Å². The number of carbonyl (C=O) groups excluding carboxylic acids is 1. The molecule has 0 unspecified atom stereocenters. The lowest BCUT2D eigenvalue weighted by Gasteiger charge is -2.10. The summed E-state index contributed by atoms with van der Waals surface area (Å²) in [6.07, 6.45) is 3.43. The van der Waals surface area contributed by atoms with Crippen molar-refractivity contribution in [1.29, 1.82) is 0 Å². The first-order valence-electron chi connectivity index (χ1n) is 5.06. The molecule has 0 heterocycles. The quantitative estimate of drug-likeness (QED) is 0.706. The largest absolute Gasteiger partial charge is 0.481 e. The fraction of sp³-hybridized carbons (Fsp3) is 0.636. The van der Waals surface area contributed by atoms with Crippen LogP contribution in [0.3, 0.4) is 0 Å². The maximum atomic E-state index is 11.3. The Morgan fingerprint density at radius 1 is 1.53 bits per heavy atom. The summed E-state index contributed by atoms with van der Waals surface area (Å²) in [5, 5.41) is 8.92. The van der Waals surface area contributed by atoms with Gasteiger partial charge in [0.2, 0.25) is 0 Å². The Morgan fingerprint density at radius 2 is 2.20 bits per heavy atom. The van der Waals surface area contributed by atoms with Crippen LogP contribution in [0.1, 0.15) is 26.2 Å². The molecule has 0 saturated carbocycles. The maximum absolute atomic E-state index is 11.3. The number of methoxy groups -OCH3 is 1. The lowest BCUT2D eigenvalue weighted by atomic mass is 9.95. The van der Waals surface area contributed by atoms with E-state index in [1.54, 1.807) is 0 Å². The van der Waals surface area contributed by atoms with Crippen LogP contribution < -0.4 is 0 Å². The van der Waals surface area contributed by atoms with Crippen molar-refractivity contribution >= 4 is 11.9 Å². The van der Waals surface area contributed by atoms with Gasteiger partial charge in [0.15, 0.2) is 0 Å². The first kappa shape index (κ1) is 11.8. The van der Waals surface area contributed by atoms with Gasteiger partial charge < -0.3 is 9.84 Å². The van der Waals surface area contributed by atoms with Crippen molar-refractivity contribution in [2.75, 3.05) is 7.11 Å². The molecule has 0 bridgehead atoms. The predicted octanol–water partition coefficient (Wildman–Crippen LogP) is 1.61. The molecule has 1 aliphatic carbocycles. The van der Waals surface area contributed by atoms with Gasteiger partial charge >= 0.3 is 11.9 Å². The number of rotatable bonds is 2. The Balaban J connectivity index is 2.73. The molecule has 4 heteroatoms. The van der Waals surface area contributed by atoms with Crippen LogP contribution in [0.15, 0.2) is 11.6 Å². The van der Waals surface area contributed by atoms with Crippen LogP contribution in [0, 0.1) is 11.8 Å². The van der Waals surface area contributed by atoms with E-state index in [0.29, 0.717) is 24.8 Å². The number of carbonyl (C=O) groups is 2. The van der Waals surface area contributed by atoms with Crippen LogP contribution in [0.4, 0.5) is 0 Å². The van der Waals surface area contributed by atoms with Crippen LogP contribution >= 0.6 is 0 Å². The van der Waals surface area contributed by atoms with E-state index < -0.39 is 5.97 Å². The third kappa shape index (κ3) is 3.08. The smallest absolute Gasteiger partial charge is 0.333 e. The molecule has 0 saturated heterocycles. The van der Waals surface area contributed by atoms with Gasteiger partial charge in [-0.05, 0) is 25.2 Å². The fourth-order valence-electron chi connectivity index (χ4n) is 1.92. The van der Waals surface area contributed by atoms with E-state index in [1.165, 1.54) is 7.11 Å². The number of aliphatic carboxylic acids is 1. The van der Waals surface area contributed by atoms with E-state index in [-0.39, 0.29) is 17.8 Å². The van der Waals surface area contributed by atoms with Crippen molar-refractivity contribution < 1.29 is 19.4 Å². The van der Waals surface area contributed by atoms with Crippen molar-refractivity contribution in [3.05, 3.63) is 11.6 Å². The highest BCUT2D eigenvalue weighted by Crippen LogP contribution is 2.27. The summed E-state index contributed by atoms with van der Waals surface area (Å²) in [6.45, 7) is 1.92. The minimum atomic E-state index is -0.777. The van der Waals surface area contributed by atoms with Crippen molar-refractivity contribution in [2.24, 2.45) is 11.8 Å². The number of ether oxygens (including phenoxy) is 1. The van der Waals surface area contributed by atoms with Gasteiger partial charge in [-0.15, -0.1) is 0 Å². The van der Waals surface area contributed by atoms with Gasteiger partial charge in [0.1, 0.15) is 0 Å². The number of esters is 1. The Hall–Kier alpha value is -1.32. The summed E-state index contributed by atoms with van der Waals surface area (Å²) in [6, 6.07) is 0. The lowest BCUT2D eigenvalue weighted by molar-refractivity contribution is -0.142. The molecule has 0 aromatic rings. The van der Waals surface area contributed by atoms with Crippen molar-refractivity contribution in [3.63, 3.8) is 0 Å². The van der Waals surface area contributed by atoms with Crippen molar-refractivity contribution in [1.82, 2.24) is 0 Å². The molecule has 0 radical (unpaired) electrons. The van der Waals surface area contributed by atoms with Gasteiger partial charge in [0, 0.05) is 5.57 Å². The van der Waals surface area contributed by atoms with Gasteiger partial charge in [-0.3, -0.25) is 4.79 Å². The average molecular weight is 212 g/mol. The second kappa shape index (κ2) is 4.96. The minimum absolute atomic E-state index is 0.114. The maximum Gasteiger partial charge on any atom is 0.333 e. The van der Waals surface area contributed by atoms with E-state index in [1.807, 2.05) is 13.0 Å². The topological polar surface area (TPSA) is 63.6 Å². The number of carboxylic acid groups (broad SMARTS) is 1. The molecule has 84 valence electrons. The molecule has 0 amide bonds. The van der Waals surface area contributed by atoms with Crippen LogP contribution in [-0.4, -0.2) is 24.2 Å². The van der Waals surface area contributed by atoms with E-state index in [9.17, 15) is 9.59 Å². The number of hydrogen-bond acceptors (Lipinski definition) is 3. The van der Waals surface area contributed by atoms with E-state index in [2.05, 4.69) is 4.74 Å². The zero-order chi connectivity index (χ0) is 11.4. The van der Waals surface area contributed by atoms with Gasteiger partial charge in [0.05, 0.1) is 13.0 Å². The zero-order valence-electron chi connectivity index (χ0n) is 9.03. The molecule has 0 aromatic carbocycles. The van der Waals surface area contributed by atoms with E-state index >= 15 is 0 Å². The molecule has 1 rings (SSSR count). The summed E-state index contributed by atoms with van der Waals surface area (Å²) < 4.78 is 4.63. The molecular formula is C11H16O4. The van der Waals surface area contributed by atoms with Crippen molar-refractivity contribution in [2.45, 2.75) is 26.2 Å². The average Bonchev–Trinajstić information content (AvgIpc) is 2.38. The van der Waals surface area contributed by atoms with E-state index in [4.69, 9.17) is 5.11 Å². The Kier molecular flexibility index (Phi) is 3.88. The van der Waals surface area contributed by atoms with Crippen LogP contribution in [-0.2, 0) is 14.3 Å². The summed E-state index contributed by atoms with van der Waals surface area (Å²) in [7, 11) is 1.34. The molecule has 0 spiro atoms. The first-order chi connectivity index (χ1) is 7.04. The fourth-order valence-corrected chi connectivity index (χ4v) is 1.92. The molecule has 0 aliphatic heterocycles. The van der Waals surface area contributed by atoms with Crippen molar-refractivity contribution in [3.8, 4) is 0 Å². The molecule has 0 fully saturated rings. The van der Waals surface area contributed by atoms with Crippen LogP contribution in [0.25, 0.3) is 0 Å². The Bertz CT molecular complexity index is 293. The monoisotopic (exact) mass is 212 g/mol. The van der Waals surface area contributed by atoms with E-state index in [0.717, 1.165) is 0 Å². The van der Waals surface area contributed by atoms with Gasteiger partial charge in [-0.2, -0.15) is 0 Å². The highest BCUT2D eigenvalue weighted by atomic mass is 16.5. The molecule has 1 N–H and O–H groups in total. The lowest BCUT2D eigenvalue weighted by Crippen LogP contribution is -2.14. The molecule has 15 heavy (non-hydrogen) atoms. The first-order valence-corrected chi connectivity index (χ1v) is 5.06. The third-order valence-electron chi connectivity index (χ3n) is 2.70. The second-order valence-corrected chi connectivity index (χ2v) is 3.97. The number of allylic oxidation sites excluding steroid dienone is 1.